The van der Waals surface area contributed by atoms with Gasteiger partial charge < -0.3 is 9.52 Å². The third-order valence-corrected chi connectivity index (χ3v) is 3.07. The Morgan fingerprint density at radius 1 is 1.62 bits per heavy atom. The summed E-state index contributed by atoms with van der Waals surface area (Å²) >= 11 is 6.10. The molecule has 0 radical (unpaired) electrons. The first-order valence-corrected chi connectivity index (χ1v) is 5.35. The van der Waals surface area contributed by atoms with E-state index in [2.05, 4.69) is 5.10 Å². The molecule has 0 aromatic carbocycles. The molecule has 0 fully saturated rings. The van der Waals surface area contributed by atoms with Gasteiger partial charge in [0.15, 0.2) is 0 Å². The molecular formula is C11H13ClN2O2. The van der Waals surface area contributed by atoms with Crippen LogP contribution in [0.2, 0.25) is 5.02 Å². The summed E-state index contributed by atoms with van der Waals surface area (Å²) in [6.07, 6.45) is 2.87. The van der Waals surface area contributed by atoms with Crippen molar-refractivity contribution in [3.63, 3.8) is 0 Å². The van der Waals surface area contributed by atoms with Crippen LogP contribution in [0.4, 0.5) is 0 Å². The van der Waals surface area contributed by atoms with Crippen LogP contribution >= 0.6 is 11.6 Å². The summed E-state index contributed by atoms with van der Waals surface area (Å²) in [6, 6.07) is 1.74. The summed E-state index contributed by atoms with van der Waals surface area (Å²) in [4.78, 5) is 0. The topological polar surface area (TPSA) is 51.2 Å². The number of hydrogen-bond donors (Lipinski definition) is 1. The third kappa shape index (κ3) is 1.99. The van der Waals surface area contributed by atoms with E-state index in [9.17, 15) is 5.11 Å². The maximum Gasteiger partial charge on any atom is 0.0960 e. The Balaban J connectivity index is 2.21. The first kappa shape index (κ1) is 11.2. The van der Waals surface area contributed by atoms with E-state index in [1.807, 2.05) is 14.0 Å². The molecule has 1 N–H and O–H groups in total. The van der Waals surface area contributed by atoms with E-state index in [1.165, 1.54) is 12.5 Å². The number of furan rings is 1. The predicted molar refractivity (Wildman–Crippen MR) is 60.3 cm³/mol. The number of rotatable bonds is 3. The van der Waals surface area contributed by atoms with E-state index in [1.54, 1.807) is 10.7 Å². The molecule has 0 saturated carbocycles. The maximum absolute atomic E-state index is 9.96. The second-order valence-corrected chi connectivity index (χ2v) is 4.12. The van der Waals surface area contributed by atoms with Crippen molar-refractivity contribution in [3.8, 4) is 0 Å². The lowest BCUT2D eigenvalue weighted by molar-refractivity contribution is 0.175. The summed E-state index contributed by atoms with van der Waals surface area (Å²) in [6.45, 7) is 1.84. The van der Waals surface area contributed by atoms with Crippen molar-refractivity contribution in [1.82, 2.24) is 9.78 Å². The third-order valence-electron chi connectivity index (χ3n) is 2.58. The van der Waals surface area contributed by atoms with Gasteiger partial charge in [-0.1, -0.05) is 11.6 Å². The van der Waals surface area contributed by atoms with Gasteiger partial charge >= 0.3 is 0 Å². The highest BCUT2D eigenvalue weighted by molar-refractivity contribution is 6.31. The van der Waals surface area contributed by atoms with E-state index >= 15 is 0 Å². The minimum Gasteiger partial charge on any atom is -0.472 e. The molecule has 0 spiro atoms. The summed E-state index contributed by atoms with van der Waals surface area (Å²) in [7, 11) is 1.82. The standard InChI is InChI=1S/C11H13ClN2O2/c1-7-11(12)9(14(2)13-7)5-10(15)8-3-4-16-6-8/h3-4,6,10,15H,5H2,1-2H3. The number of aryl methyl sites for hydroxylation is 2. The molecule has 0 amide bonds. The number of aliphatic hydroxyl groups is 1. The van der Waals surface area contributed by atoms with Crippen LogP contribution in [-0.4, -0.2) is 14.9 Å². The van der Waals surface area contributed by atoms with Gasteiger partial charge in [-0.2, -0.15) is 5.10 Å². The van der Waals surface area contributed by atoms with Crippen molar-refractivity contribution in [1.29, 1.82) is 0 Å². The van der Waals surface area contributed by atoms with Crippen LogP contribution in [0.3, 0.4) is 0 Å². The number of hydrogen-bond acceptors (Lipinski definition) is 3. The molecule has 86 valence electrons. The zero-order valence-corrected chi connectivity index (χ0v) is 9.90. The first-order valence-electron chi connectivity index (χ1n) is 4.97. The van der Waals surface area contributed by atoms with Crippen molar-refractivity contribution in [2.45, 2.75) is 19.4 Å². The van der Waals surface area contributed by atoms with Crippen molar-refractivity contribution >= 4 is 11.6 Å². The van der Waals surface area contributed by atoms with Gasteiger partial charge in [0.25, 0.3) is 0 Å². The van der Waals surface area contributed by atoms with Gasteiger partial charge in [0, 0.05) is 19.0 Å². The summed E-state index contributed by atoms with van der Waals surface area (Å²) in [5, 5.41) is 14.8. The molecule has 4 nitrogen and oxygen atoms in total. The van der Waals surface area contributed by atoms with Gasteiger partial charge in [0.05, 0.1) is 35.0 Å². The van der Waals surface area contributed by atoms with Gasteiger partial charge in [-0.25, -0.2) is 0 Å². The zero-order valence-electron chi connectivity index (χ0n) is 9.14. The molecule has 0 aliphatic rings. The number of halogens is 1. The fourth-order valence-electron chi connectivity index (χ4n) is 1.67. The van der Waals surface area contributed by atoms with Gasteiger partial charge in [-0.3, -0.25) is 4.68 Å². The van der Waals surface area contributed by atoms with Gasteiger partial charge in [0.1, 0.15) is 0 Å². The number of nitrogens with zero attached hydrogens (tertiary/aromatic N) is 2. The minimum absolute atomic E-state index is 0.426. The van der Waals surface area contributed by atoms with Gasteiger partial charge in [-0.05, 0) is 13.0 Å². The smallest absolute Gasteiger partial charge is 0.0960 e. The second kappa shape index (κ2) is 4.31. The molecule has 0 bridgehead atoms. The average molecular weight is 241 g/mol. The maximum atomic E-state index is 9.96. The van der Waals surface area contributed by atoms with Crippen LogP contribution in [0.15, 0.2) is 23.0 Å². The Morgan fingerprint density at radius 3 is 2.88 bits per heavy atom. The molecule has 1 unspecified atom stereocenters. The van der Waals surface area contributed by atoms with Gasteiger partial charge in [0.2, 0.25) is 0 Å². The van der Waals surface area contributed by atoms with Crippen molar-refractivity contribution in [2.75, 3.05) is 0 Å². The average Bonchev–Trinajstić information content (AvgIpc) is 2.83. The first-order chi connectivity index (χ1) is 7.59. The van der Waals surface area contributed by atoms with Crippen molar-refractivity contribution < 1.29 is 9.52 Å². The van der Waals surface area contributed by atoms with Crippen molar-refractivity contribution in [3.05, 3.63) is 40.6 Å². The normalized spacial score (nSPS) is 13.0. The van der Waals surface area contributed by atoms with E-state index < -0.39 is 6.10 Å². The molecule has 2 aromatic rings. The molecule has 0 aliphatic heterocycles. The van der Waals surface area contributed by atoms with E-state index in [-0.39, 0.29) is 0 Å². The molecule has 2 heterocycles. The molecular weight excluding hydrogens is 228 g/mol. The monoisotopic (exact) mass is 240 g/mol. The SMILES string of the molecule is Cc1nn(C)c(CC(O)c2ccoc2)c1Cl. The lowest BCUT2D eigenvalue weighted by Gasteiger charge is -2.08. The van der Waals surface area contributed by atoms with Crippen LogP contribution in [0.5, 0.6) is 0 Å². The fraction of sp³-hybridized carbons (Fsp3) is 0.364. The van der Waals surface area contributed by atoms with E-state index in [0.29, 0.717) is 11.4 Å². The predicted octanol–water partition coefficient (Wildman–Crippen LogP) is 2.25. The number of aromatic nitrogens is 2. The van der Waals surface area contributed by atoms with Crippen LogP contribution < -0.4 is 0 Å². The molecule has 2 aromatic heterocycles. The Morgan fingerprint density at radius 2 is 2.38 bits per heavy atom. The minimum atomic E-state index is -0.619. The molecule has 2 rings (SSSR count). The summed E-state index contributed by atoms with van der Waals surface area (Å²) in [5.74, 6) is 0. The van der Waals surface area contributed by atoms with Crippen LogP contribution in [0, 0.1) is 6.92 Å². The Kier molecular flexibility index (Phi) is 3.03. The lowest BCUT2D eigenvalue weighted by Crippen LogP contribution is -2.06. The summed E-state index contributed by atoms with van der Waals surface area (Å²) in [5.41, 5.74) is 2.35. The molecule has 1 atom stereocenters. The molecule has 0 saturated heterocycles. The molecule has 0 aliphatic carbocycles. The van der Waals surface area contributed by atoms with Crippen LogP contribution in [0.25, 0.3) is 0 Å². The summed E-state index contributed by atoms with van der Waals surface area (Å²) < 4.78 is 6.62. The van der Waals surface area contributed by atoms with E-state index in [0.717, 1.165) is 17.0 Å². The molecule has 16 heavy (non-hydrogen) atoms. The van der Waals surface area contributed by atoms with Crippen molar-refractivity contribution in [2.24, 2.45) is 7.05 Å². The van der Waals surface area contributed by atoms with E-state index in [4.69, 9.17) is 16.0 Å². The fourth-order valence-corrected chi connectivity index (χ4v) is 1.90. The second-order valence-electron chi connectivity index (χ2n) is 3.75. The highest BCUT2D eigenvalue weighted by Crippen LogP contribution is 2.25. The Hall–Kier alpha value is -1.26. The molecule has 5 heteroatoms. The highest BCUT2D eigenvalue weighted by Gasteiger charge is 2.17. The Bertz CT molecular complexity index is 476. The zero-order chi connectivity index (χ0) is 11.7. The van der Waals surface area contributed by atoms with Crippen LogP contribution in [-0.2, 0) is 13.5 Å². The Labute approximate surface area is 98.4 Å². The van der Waals surface area contributed by atoms with Gasteiger partial charge in [-0.15, -0.1) is 0 Å². The number of aliphatic hydroxyl groups excluding tert-OH is 1. The highest BCUT2D eigenvalue weighted by atomic mass is 35.5. The lowest BCUT2D eigenvalue weighted by atomic mass is 10.1. The van der Waals surface area contributed by atoms with Crippen LogP contribution in [0.1, 0.15) is 23.1 Å². The largest absolute Gasteiger partial charge is 0.472 e. The quantitative estimate of drug-likeness (QED) is 0.895.